The van der Waals surface area contributed by atoms with Crippen molar-refractivity contribution in [2.24, 2.45) is 0 Å². The topological polar surface area (TPSA) is 51.8 Å². The van der Waals surface area contributed by atoms with Gasteiger partial charge in [-0.1, -0.05) is 121 Å². The first-order chi connectivity index (χ1) is 23.8. The Balaban J connectivity index is 1.19. The van der Waals surface area contributed by atoms with Crippen molar-refractivity contribution in [1.29, 1.82) is 0 Å². The lowest BCUT2D eigenvalue weighted by molar-refractivity contribution is 0.669. The first-order valence-electron chi connectivity index (χ1n) is 15.9. The van der Waals surface area contributed by atoms with Gasteiger partial charge in [0.2, 0.25) is 0 Å². The summed E-state index contributed by atoms with van der Waals surface area (Å²) in [6, 6.07) is 52.6. The van der Waals surface area contributed by atoms with E-state index in [2.05, 4.69) is 78.9 Å². The number of aromatic nitrogens is 3. The molecule has 0 fully saturated rings. The summed E-state index contributed by atoms with van der Waals surface area (Å²) in [7, 11) is 0. The standard InChI is InChI=1S/C43H25N3OS/c1-3-12-26(13-4-1)41-44-42(27-14-5-2-6-15-27)46-43(45-41)33-19-11-20-35-38(33)31-23-22-29(25-36(31)47-35)34-24-28-16-7-8-17-30(28)40-39(34)32-18-9-10-21-37(32)48-40/h1-25H. The van der Waals surface area contributed by atoms with Crippen molar-refractivity contribution in [3.63, 3.8) is 0 Å². The van der Waals surface area contributed by atoms with Gasteiger partial charge >= 0.3 is 0 Å². The van der Waals surface area contributed by atoms with Crippen molar-refractivity contribution in [3.05, 3.63) is 152 Å². The largest absolute Gasteiger partial charge is 0.456 e. The lowest BCUT2D eigenvalue weighted by Gasteiger charge is -2.09. The van der Waals surface area contributed by atoms with Crippen molar-refractivity contribution in [2.45, 2.75) is 0 Å². The second kappa shape index (κ2) is 10.7. The Labute approximate surface area is 279 Å². The molecule has 48 heavy (non-hydrogen) atoms. The molecule has 7 aromatic carbocycles. The average molecular weight is 632 g/mol. The summed E-state index contributed by atoms with van der Waals surface area (Å²) in [4.78, 5) is 14.9. The number of rotatable bonds is 4. The van der Waals surface area contributed by atoms with Gasteiger partial charge in [-0.15, -0.1) is 11.3 Å². The molecule has 3 heterocycles. The summed E-state index contributed by atoms with van der Waals surface area (Å²) in [5, 5.41) is 7.11. The summed E-state index contributed by atoms with van der Waals surface area (Å²) in [5.74, 6) is 1.88. The Kier molecular flexibility index (Phi) is 6.01. The number of furan rings is 1. The van der Waals surface area contributed by atoms with Crippen LogP contribution in [0.2, 0.25) is 0 Å². The lowest BCUT2D eigenvalue weighted by Crippen LogP contribution is -2.00. The van der Waals surface area contributed by atoms with E-state index in [1.165, 1.54) is 36.5 Å². The van der Waals surface area contributed by atoms with E-state index in [0.717, 1.165) is 44.2 Å². The summed E-state index contributed by atoms with van der Waals surface area (Å²) >= 11 is 1.86. The number of nitrogens with zero attached hydrogens (tertiary/aromatic N) is 3. The fraction of sp³-hybridized carbons (Fsp3) is 0. The van der Waals surface area contributed by atoms with Gasteiger partial charge in [0.25, 0.3) is 0 Å². The normalized spacial score (nSPS) is 11.8. The van der Waals surface area contributed by atoms with E-state index in [9.17, 15) is 0 Å². The molecule has 0 unspecified atom stereocenters. The minimum Gasteiger partial charge on any atom is -0.456 e. The zero-order valence-electron chi connectivity index (χ0n) is 25.6. The van der Waals surface area contributed by atoms with Crippen LogP contribution in [0.3, 0.4) is 0 Å². The van der Waals surface area contributed by atoms with Crippen molar-refractivity contribution in [1.82, 2.24) is 15.0 Å². The maximum absolute atomic E-state index is 6.61. The molecule has 5 heteroatoms. The molecule has 224 valence electrons. The highest BCUT2D eigenvalue weighted by atomic mass is 32.1. The number of thiophene rings is 1. The molecular formula is C43H25N3OS. The molecule has 0 aliphatic rings. The number of fused-ring (bicyclic) bond motifs is 8. The summed E-state index contributed by atoms with van der Waals surface area (Å²) < 4.78 is 9.21. The van der Waals surface area contributed by atoms with Gasteiger partial charge in [0.1, 0.15) is 11.2 Å². The Hall–Kier alpha value is -6.17. The van der Waals surface area contributed by atoms with Crippen molar-refractivity contribution >= 4 is 64.2 Å². The summed E-state index contributed by atoms with van der Waals surface area (Å²) in [5.41, 5.74) is 6.75. The van der Waals surface area contributed by atoms with E-state index in [-0.39, 0.29) is 0 Å². The van der Waals surface area contributed by atoms with Crippen LogP contribution in [-0.2, 0) is 0 Å². The SMILES string of the molecule is c1ccc(-c2nc(-c3ccccc3)nc(-c3cccc4oc5cc(-c6cc7ccccc7c7sc8ccccc8c67)ccc5c34)n2)cc1. The minimum atomic E-state index is 0.612. The van der Waals surface area contributed by atoms with Crippen molar-refractivity contribution < 1.29 is 4.42 Å². The van der Waals surface area contributed by atoms with Gasteiger partial charge in [0.15, 0.2) is 17.5 Å². The van der Waals surface area contributed by atoms with E-state index >= 15 is 0 Å². The molecule has 3 aromatic heterocycles. The van der Waals surface area contributed by atoms with Crippen LogP contribution in [0.15, 0.2) is 156 Å². The molecule has 0 saturated heterocycles. The van der Waals surface area contributed by atoms with Crippen LogP contribution in [0.5, 0.6) is 0 Å². The van der Waals surface area contributed by atoms with Gasteiger partial charge in [-0.25, -0.2) is 15.0 Å². The predicted octanol–water partition coefficient (Wildman–Crippen LogP) is 12.0. The third-order valence-electron chi connectivity index (χ3n) is 9.12. The van der Waals surface area contributed by atoms with Crippen LogP contribution in [-0.4, -0.2) is 15.0 Å². The van der Waals surface area contributed by atoms with E-state index < -0.39 is 0 Å². The fourth-order valence-electron chi connectivity index (χ4n) is 6.90. The highest BCUT2D eigenvalue weighted by Gasteiger charge is 2.20. The highest BCUT2D eigenvalue weighted by molar-refractivity contribution is 7.26. The molecule has 0 aliphatic carbocycles. The monoisotopic (exact) mass is 631 g/mol. The first-order valence-corrected chi connectivity index (χ1v) is 16.8. The second-order valence-electron chi connectivity index (χ2n) is 12.0. The van der Waals surface area contributed by atoms with E-state index in [1.807, 2.05) is 84.1 Å². The summed E-state index contributed by atoms with van der Waals surface area (Å²) in [6.07, 6.45) is 0. The van der Waals surface area contributed by atoms with Gasteiger partial charge in [-0.3, -0.25) is 0 Å². The fourth-order valence-corrected chi connectivity index (χ4v) is 8.16. The molecule has 0 aliphatic heterocycles. The molecule has 0 radical (unpaired) electrons. The Bertz CT molecular complexity index is 2780. The zero-order valence-corrected chi connectivity index (χ0v) is 26.4. The molecule has 0 bridgehead atoms. The zero-order chi connectivity index (χ0) is 31.6. The molecule has 0 amide bonds. The molecule has 4 nitrogen and oxygen atoms in total. The van der Waals surface area contributed by atoms with E-state index in [1.54, 1.807) is 0 Å². The van der Waals surface area contributed by atoms with Gasteiger partial charge < -0.3 is 4.42 Å². The molecule has 0 atom stereocenters. The number of hydrogen-bond donors (Lipinski definition) is 0. The van der Waals surface area contributed by atoms with Gasteiger partial charge in [0.05, 0.1) is 0 Å². The van der Waals surface area contributed by atoms with Crippen LogP contribution in [0.4, 0.5) is 0 Å². The molecule has 0 saturated carbocycles. The quantitative estimate of drug-likeness (QED) is 0.194. The molecule has 10 aromatic rings. The third-order valence-corrected chi connectivity index (χ3v) is 10.3. The van der Waals surface area contributed by atoms with Crippen LogP contribution in [0, 0.1) is 0 Å². The molecule has 10 rings (SSSR count). The average Bonchev–Trinajstić information content (AvgIpc) is 3.74. The van der Waals surface area contributed by atoms with Crippen molar-refractivity contribution in [3.8, 4) is 45.3 Å². The van der Waals surface area contributed by atoms with E-state index in [4.69, 9.17) is 19.4 Å². The third kappa shape index (κ3) is 4.25. The molecule has 0 spiro atoms. The van der Waals surface area contributed by atoms with Crippen LogP contribution >= 0.6 is 11.3 Å². The second-order valence-corrected chi connectivity index (χ2v) is 13.0. The Morgan fingerprint density at radius 2 is 1.08 bits per heavy atom. The van der Waals surface area contributed by atoms with Crippen LogP contribution in [0.25, 0.3) is 98.2 Å². The van der Waals surface area contributed by atoms with Crippen molar-refractivity contribution in [2.75, 3.05) is 0 Å². The van der Waals surface area contributed by atoms with Crippen LogP contribution < -0.4 is 0 Å². The Morgan fingerprint density at radius 1 is 0.417 bits per heavy atom. The first kappa shape index (κ1) is 27.0. The highest BCUT2D eigenvalue weighted by Crippen LogP contribution is 2.45. The Morgan fingerprint density at radius 3 is 1.85 bits per heavy atom. The summed E-state index contributed by atoms with van der Waals surface area (Å²) in [6.45, 7) is 0. The maximum atomic E-state index is 6.61. The van der Waals surface area contributed by atoms with Gasteiger partial charge in [-0.2, -0.15) is 0 Å². The molecule has 0 N–H and O–H groups in total. The van der Waals surface area contributed by atoms with Gasteiger partial charge in [-0.05, 0) is 52.2 Å². The predicted molar refractivity (Wildman–Crippen MR) is 199 cm³/mol. The number of benzene rings is 7. The number of hydrogen-bond acceptors (Lipinski definition) is 5. The smallest absolute Gasteiger partial charge is 0.164 e. The minimum absolute atomic E-state index is 0.612. The lowest BCUT2D eigenvalue weighted by atomic mass is 9.94. The molecular weight excluding hydrogens is 607 g/mol. The van der Waals surface area contributed by atoms with E-state index in [0.29, 0.717) is 17.5 Å². The van der Waals surface area contributed by atoms with Crippen LogP contribution in [0.1, 0.15) is 0 Å². The van der Waals surface area contributed by atoms with Gasteiger partial charge in [0, 0.05) is 47.6 Å². The maximum Gasteiger partial charge on any atom is 0.164 e.